The first-order valence-corrected chi connectivity index (χ1v) is 5.71. The van der Waals surface area contributed by atoms with E-state index in [0.29, 0.717) is 11.4 Å². The van der Waals surface area contributed by atoms with E-state index in [9.17, 15) is 4.79 Å². The van der Waals surface area contributed by atoms with Gasteiger partial charge in [0.25, 0.3) is 0 Å². The number of hydrogen-bond acceptors (Lipinski definition) is 4. The largest absolute Gasteiger partial charge is 0.477 e. The highest BCUT2D eigenvalue weighted by Crippen LogP contribution is 2.34. The van der Waals surface area contributed by atoms with Crippen molar-refractivity contribution in [1.82, 2.24) is 4.90 Å². The van der Waals surface area contributed by atoms with Crippen LogP contribution in [0.4, 0.5) is 0 Å². The van der Waals surface area contributed by atoms with Gasteiger partial charge in [0.1, 0.15) is 4.88 Å². The molecule has 0 saturated carbocycles. The van der Waals surface area contributed by atoms with Gasteiger partial charge in [0.2, 0.25) is 0 Å². The molecule has 2 rings (SSSR count). The van der Waals surface area contributed by atoms with Gasteiger partial charge in [-0.2, -0.15) is 0 Å². The third-order valence-electron chi connectivity index (χ3n) is 2.86. The Labute approximate surface area is 92.3 Å². The minimum Gasteiger partial charge on any atom is -0.477 e. The van der Waals surface area contributed by atoms with E-state index in [1.807, 2.05) is 7.05 Å². The van der Waals surface area contributed by atoms with Gasteiger partial charge in [0.15, 0.2) is 0 Å². The van der Waals surface area contributed by atoms with E-state index in [1.165, 1.54) is 16.2 Å². The van der Waals surface area contributed by atoms with Crippen LogP contribution in [-0.2, 0) is 6.42 Å². The summed E-state index contributed by atoms with van der Waals surface area (Å²) in [6.45, 7) is 1.49. The van der Waals surface area contributed by atoms with Crippen LogP contribution in [0.1, 0.15) is 26.2 Å². The van der Waals surface area contributed by atoms with Gasteiger partial charge in [-0.15, -0.1) is 11.3 Å². The maximum atomic E-state index is 10.9. The highest BCUT2D eigenvalue weighted by Gasteiger charge is 2.26. The van der Waals surface area contributed by atoms with E-state index < -0.39 is 5.97 Å². The SMILES string of the molecule is CN1CCc2sc(C(=O)O)cc2C1CN. The fourth-order valence-corrected chi connectivity index (χ4v) is 3.05. The Hall–Kier alpha value is -0.910. The zero-order valence-corrected chi connectivity index (χ0v) is 9.38. The fraction of sp³-hybridized carbons (Fsp3) is 0.500. The Morgan fingerprint density at radius 2 is 2.53 bits per heavy atom. The third kappa shape index (κ3) is 1.78. The van der Waals surface area contributed by atoms with Crippen LogP contribution >= 0.6 is 11.3 Å². The number of nitrogens with two attached hydrogens (primary N) is 1. The van der Waals surface area contributed by atoms with E-state index in [2.05, 4.69) is 4.90 Å². The molecule has 5 heteroatoms. The number of rotatable bonds is 2. The smallest absolute Gasteiger partial charge is 0.345 e. The highest BCUT2D eigenvalue weighted by molar-refractivity contribution is 7.14. The molecule has 0 saturated heterocycles. The first-order valence-electron chi connectivity index (χ1n) is 4.89. The van der Waals surface area contributed by atoms with Gasteiger partial charge >= 0.3 is 5.97 Å². The summed E-state index contributed by atoms with van der Waals surface area (Å²) in [4.78, 5) is 14.6. The monoisotopic (exact) mass is 226 g/mol. The summed E-state index contributed by atoms with van der Waals surface area (Å²) in [7, 11) is 2.03. The van der Waals surface area contributed by atoms with Gasteiger partial charge in [-0.3, -0.25) is 4.90 Å². The Kier molecular flexibility index (Phi) is 2.77. The van der Waals surface area contributed by atoms with Crippen molar-refractivity contribution in [3.63, 3.8) is 0 Å². The molecule has 1 unspecified atom stereocenters. The Morgan fingerprint density at radius 1 is 1.80 bits per heavy atom. The predicted octanol–water partition coefficient (Wildman–Crippen LogP) is 0.934. The van der Waals surface area contributed by atoms with E-state index in [1.54, 1.807) is 6.07 Å². The number of nitrogens with zero attached hydrogens (tertiary/aromatic N) is 1. The second kappa shape index (κ2) is 3.92. The lowest BCUT2D eigenvalue weighted by molar-refractivity contribution is 0.0702. The lowest BCUT2D eigenvalue weighted by atomic mass is 10.0. The van der Waals surface area contributed by atoms with Crippen molar-refractivity contribution in [2.75, 3.05) is 20.1 Å². The summed E-state index contributed by atoms with van der Waals surface area (Å²) in [5.41, 5.74) is 6.81. The molecular formula is C10H14N2O2S. The van der Waals surface area contributed by atoms with Crippen molar-refractivity contribution in [3.8, 4) is 0 Å². The van der Waals surface area contributed by atoms with Crippen LogP contribution in [0, 0.1) is 0 Å². The van der Waals surface area contributed by atoms with Gasteiger partial charge in [-0.05, 0) is 25.1 Å². The number of thiophene rings is 1. The Morgan fingerprint density at radius 3 is 3.13 bits per heavy atom. The molecule has 1 aliphatic heterocycles. The summed E-state index contributed by atoms with van der Waals surface area (Å²) < 4.78 is 0. The normalized spacial score (nSPS) is 21.3. The van der Waals surface area contributed by atoms with Crippen LogP contribution in [0.5, 0.6) is 0 Å². The van der Waals surface area contributed by atoms with Crippen LogP contribution < -0.4 is 5.73 Å². The van der Waals surface area contributed by atoms with Gasteiger partial charge < -0.3 is 10.8 Å². The molecule has 0 aromatic carbocycles. The molecule has 4 nitrogen and oxygen atoms in total. The molecular weight excluding hydrogens is 212 g/mol. The lowest BCUT2D eigenvalue weighted by Crippen LogP contribution is -2.35. The van der Waals surface area contributed by atoms with Crippen LogP contribution in [0.25, 0.3) is 0 Å². The molecule has 3 N–H and O–H groups in total. The van der Waals surface area contributed by atoms with Crippen molar-refractivity contribution in [2.45, 2.75) is 12.5 Å². The zero-order valence-electron chi connectivity index (χ0n) is 8.56. The van der Waals surface area contributed by atoms with Crippen LogP contribution in [0.15, 0.2) is 6.07 Å². The quantitative estimate of drug-likeness (QED) is 0.787. The average Bonchev–Trinajstić information content (AvgIpc) is 2.61. The van der Waals surface area contributed by atoms with Crippen LogP contribution in [0.3, 0.4) is 0 Å². The van der Waals surface area contributed by atoms with Crippen LogP contribution in [0.2, 0.25) is 0 Å². The second-order valence-corrected chi connectivity index (χ2v) is 4.91. The van der Waals surface area contributed by atoms with Crippen molar-refractivity contribution < 1.29 is 9.90 Å². The predicted molar refractivity (Wildman–Crippen MR) is 59.4 cm³/mol. The van der Waals surface area contributed by atoms with Gasteiger partial charge in [0.05, 0.1) is 0 Å². The molecule has 1 aromatic heterocycles. The number of carboxylic acid groups (broad SMARTS) is 1. The van der Waals surface area contributed by atoms with Gasteiger partial charge in [0, 0.05) is 24.0 Å². The maximum Gasteiger partial charge on any atom is 0.345 e. The molecule has 0 fully saturated rings. The van der Waals surface area contributed by atoms with Crippen LogP contribution in [-0.4, -0.2) is 36.1 Å². The van der Waals surface area contributed by atoms with E-state index in [4.69, 9.17) is 10.8 Å². The lowest BCUT2D eigenvalue weighted by Gasteiger charge is -2.31. The second-order valence-electron chi connectivity index (χ2n) is 3.78. The first kappa shape index (κ1) is 10.6. The minimum absolute atomic E-state index is 0.179. The van der Waals surface area contributed by atoms with Crippen molar-refractivity contribution in [3.05, 3.63) is 21.4 Å². The molecule has 82 valence electrons. The Balaban J connectivity index is 2.40. The molecule has 1 atom stereocenters. The maximum absolute atomic E-state index is 10.9. The Bertz CT molecular complexity index is 389. The number of aromatic carboxylic acids is 1. The molecule has 0 bridgehead atoms. The standard InChI is InChI=1S/C10H14N2O2S/c1-12-3-2-8-6(7(12)5-11)4-9(15-8)10(13)14/h4,7H,2-3,5,11H2,1H3,(H,13,14). The van der Waals surface area contributed by atoms with Crippen molar-refractivity contribution in [1.29, 1.82) is 0 Å². The van der Waals surface area contributed by atoms with E-state index >= 15 is 0 Å². The third-order valence-corrected chi connectivity index (χ3v) is 4.06. The number of likely N-dealkylation sites (N-methyl/N-ethyl adjacent to an activating group) is 1. The molecule has 15 heavy (non-hydrogen) atoms. The highest BCUT2D eigenvalue weighted by atomic mass is 32.1. The molecule has 2 heterocycles. The van der Waals surface area contributed by atoms with Gasteiger partial charge in [-0.1, -0.05) is 0 Å². The minimum atomic E-state index is -0.840. The molecule has 1 aliphatic rings. The van der Waals surface area contributed by atoms with E-state index in [-0.39, 0.29) is 6.04 Å². The fourth-order valence-electron chi connectivity index (χ4n) is 2.00. The summed E-state index contributed by atoms with van der Waals surface area (Å²) in [5, 5.41) is 8.92. The summed E-state index contributed by atoms with van der Waals surface area (Å²) >= 11 is 1.38. The molecule has 0 aliphatic carbocycles. The topological polar surface area (TPSA) is 66.6 Å². The molecule has 0 spiro atoms. The van der Waals surface area contributed by atoms with Gasteiger partial charge in [-0.25, -0.2) is 4.79 Å². The average molecular weight is 226 g/mol. The molecule has 0 radical (unpaired) electrons. The van der Waals surface area contributed by atoms with Crippen molar-refractivity contribution in [2.24, 2.45) is 5.73 Å². The summed E-state index contributed by atoms with van der Waals surface area (Å²) in [5.74, 6) is -0.840. The molecule has 1 aromatic rings. The molecule has 0 amide bonds. The number of hydrogen-bond donors (Lipinski definition) is 2. The number of fused-ring (bicyclic) bond motifs is 1. The summed E-state index contributed by atoms with van der Waals surface area (Å²) in [6.07, 6.45) is 0.931. The number of carbonyl (C=O) groups is 1. The number of carboxylic acids is 1. The van der Waals surface area contributed by atoms with Crippen molar-refractivity contribution >= 4 is 17.3 Å². The zero-order chi connectivity index (χ0) is 11.0. The van der Waals surface area contributed by atoms with E-state index in [0.717, 1.165) is 18.5 Å². The summed E-state index contributed by atoms with van der Waals surface area (Å²) in [6, 6.07) is 1.95. The first-order chi connectivity index (χ1) is 7.13.